The molecule has 4 nitrogen and oxygen atoms in total. The number of benzene rings is 1. The van der Waals surface area contributed by atoms with Gasteiger partial charge in [-0.25, -0.2) is 8.42 Å². The fourth-order valence-electron chi connectivity index (χ4n) is 1.79. The summed E-state index contributed by atoms with van der Waals surface area (Å²) in [7, 11) is -2.13. The van der Waals surface area contributed by atoms with Crippen LogP contribution in [0.25, 0.3) is 0 Å². The maximum absolute atomic E-state index is 12.2. The van der Waals surface area contributed by atoms with Gasteiger partial charge in [-0.2, -0.15) is 0 Å². The molecule has 2 aromatic rings. The van der Waals surface area contributed by atoms with E-state index in [4.69, 9.17) is 4.74 Å². The van der Waals surface area contributed by atoms with Crippen molar-refractivity contribution in [2.75, 3.05) is 12.9 Å². The number of carbonyl (C=O) groups excluding carboxylic acids is 1. The van der Waals surface area contributed by atoms with Gasteiger partial charge < -0.3 is 4.74 Å². The van der Waals surface area contributed by atoms with Crippen LogP contribution in [-0.4, -0.2) is 27.1 Å². The number of carbonyl (C=O) groups is 1. The van der Waals surface area contributed by atoms with Crippen LogP contribution >= 0.6 is 11.3 Å². The van der Waals surface area contributed by atoms with Crippen LogP contribution in [-0.2, 0) is 9.84 Å². The van der Waals surface area contributed by atoms with Crippen LogP contribution in [0.4, 0.5) is 0 Å². The Morgan fingerprint density at radius 3 is 2.65 bits per heavy atom. The molecule has 0 N–H and O–H groups in total. The fourth-order valence-corrected chi connectivity index (χ4v) is 4.10. The van der Waals surface area contributed by atoms with E-state index >= 15 is 0 Å². The molecule has 0 unspecified atom stereocenters. The normalized spacial score (nSPS) is 11.3. The zero-order valence-electron chi connectivity index (χ0n) is 11.1. The van der Waals surface area contributed by atoms with Crippen LogP contribution in [0.15, 0.2) is 39.9 Å². The number of rotatable bonds is 5. The molecule has 0 amide bonds. The highest BCUT2D eigenvalue weighted by Crippen LogP contribution is 2.23. The lowest BCUT2D eigenvalue weighted by atomic mass is 10.1. The maximum atomic E-state index is 12.2. The highest BCUT2D eigenvalue weighted by atomic mass is 32.2. The second kappa shape index (κ2) is 5.76. The molecule has 0 aliphatic heterocycles. The van der Waals surface area contributed by atoms with E-state index in [1.807, 2.05) is 6.92 Å². The predicted octanol–water partition coefficient (Wildman–Crippen LogP) is 2.72. The Morgan fingerprint density at radius 1 is 1.30 bits per heavy atom. The van der Waals surface area contributed by atoms with Crippen LogP contribution in [0, 0.1) is 6.92 Å². The molecule has 0 radical (unpaired) electrons. The van der Waals surface area contributed by atoms with Crippen molar-refractivity contribution >= 4 is 27.0 Å². The SMILES string of the molecule is COc1cc(C)ccc1C(=O)CS(=O)(=O)c1cccs1. The third-order valence-corrected chi connectivity index (χ3v) is 5.88. The molecule has 1 aromatic carbocycles. The number of sulfone groups is 1. The molecule has 0 bridgehead atoms. The number of ketones is 1. The summed E-state index contributed by atoms with van der Waals surface area (Å²) in [4.78, 5) is 12.2. The number of ether oxygens (including phenoxy) is 1. The van der Waals surface area contributed by atoms with E-state index in [0.29, 0.717) is 11.3 Å². The summed E-state index contributed by atoms with van der Waals surface area (Å²) in [5, 5.41) is 1.67. The van der Waals surface area contributed by atoms with E-state index in [2.05, 4.69) is 0 Å². The van der Waals surface area contributed by atoms with Crippen molar-refractivity contribution in [3.8, 4) is 5.75 Å². The van der Waals surface area contributed by atoms with Crippen molar-refractivity contribution in [1.29, 1.82) is 0 Å². The minimum absolute atomic E-state index is 0.205. The van der Waals surface area contributed by atoms with E-state index < -0.39 is 21.4 Å². The van der Waals surface area contributed by atoms with Crippen LogP contribution < -0.4 is 4.74 Å². The Kier molecular flexibility index (Phi) is 4.25. The van der Waals surface area contributed by atoms with E-state index in [1.165, 1.54) is 13.2 Å². The first-order valence-corrected chi connectivity index (χ1v) is 8.41. The predicted molar refractivity (Wildman–Crippen MR) is 78.4 cm³/mol. The molecule has 0 aliphatic rings. The van der Waals surface area contributed by atoms with E-state index in [0.717, 1.165) is 16.9 Å². The zero-order chi connectivity index (χ0) is 14.8. The average Bonchev–Trinajstić information content (AvgIpc) is 2.92. The number of hydrogen-bond donors (Lipinski definition) is 0. The van der Waals surface area contributed by atoms with Gasteiger partial charge in [-0.3, -0.25) is 4.79 Å². The Morgan fingerprint density at radius 2 is 2.05 bits per heavy atom. The first-order valence-electron chi connectivity index (χ1n) is 5.88. The fraction of sp³-hybridized carbons (Fsp3) is 0.214. The van der Waals surface area contributed by atoms with Crippen LogP contribution in [0.2, 0.25) is 0 Å². The van der Waals surface area contributed by atoms with Crippen molar-refractivity contribution in [1.82, 2.24) is 0 Å². The van der Waals surface area contributed by atoms with Gasteiger partial charge in [-0.15, -0.1) is 11.3 Å². The highest BCUT2D eigenvalue weighted by molar-refractivity contribution is 7.94. The summed E-state index contributed by atoms with van der Waals surface area (Å²) in [5.74, 6) is -0.612. The Hall–Kier alpha value is -1.66. The summed E-state index contributed by atoms with van der Waals surface area (Å²) in [5.41, 5.74) is 1.23. The molecule has 0 fully saturated rings. The molecule has 0 saturated carbocycles. The number of methoxy groups -OCH3 is 1. The summed E-state index contributed by atoms with van der Waals surface area (Å²) in [6.45, 7) is 1.87. The third kappa shape index (κ3) is 3.08. The lowest BCUT2D eigenvalue weighted by Crippen LogP contribution is -2.16. The Balaban J connectivity index is 2.30. The van der Waals surface area contributed by atoms with Crippen LogP contribution in [0.1, 0.15) is 15.9 Å². The second-order valence-electron chi connectivity index (χ2n) is 4.32. The molecule has 1 heterocycles. The Bertz CT molecular complexity index is 716. The lowest BCUT2D eigenvalue weighted by molar-refractivity contribution is 0.101. The van der Waals surface area contributed by atoms with Crippen LogP contribution in [0.5, 0.6) is 5.75 Å². The molecule has 0 spiro atoms. The molecule has 1 aromatic heterocycles. The summed E-state index contributed by atoms with van der Waals surface area (Å²) in [6.07, 6.45) is 0. The summed E-state index contributed by atoms with van der Waals surface area (Å²) >= 11 is 1.11. The molecule has 106 valence electrons. The first-order chi connectivity index (χ1) is 9.44. The van der Waals surface area contributed by atoms with Gasteiger partial charge in [0.1, 0.15) is 15.7 Å². The van der Waals surface area contributed by atoms with Gasteiger partial charge >= 0.3 is 0 Å². The minimum Gasteiger partial charge on any atom is -0.496 e. The van der Waals surface area contributed by atoms with Crippen molar-refractivity contribution in [2.45, 2.75) is 11.1 Å². The molecule has 0 aliphatic carbocycles. The topological polar surface area (TPSA) is 60.4 Å². The number of Topliss-reactive ketones (excluding diaryl/α,β-unsaturated/α-hetero) is 1. The van der Waals surface area contributed by atoms with Gasteiger partial charge in [0.15, 0.2) is 15.6 Å². The van der Waals surface area contributed by atoms with Crippen molar-refractivity contribution in [2.24, 2.45) is 0 Å². The number of aryl methyl sites for hydroxylation is 1. The van der Waals surface area contributed by atoms with Gasteiger partial charge in [-0.1, -0.05) is 12.1 Å². The zero-order valence-corrected chi connectivity index (χ0v) is 12.8. The molecule has 0 saturated heterocycles. The summed E-state index contributed by atoms with van der Waals surface area (Å²) < 4.78 is 29.5. The lowest BCUT2D eigenvalue weighted by Gasteiger charge is -2.08. The number of hydrogen-bond acceptors (Lipinski definition) is 5. The molecule has 20 heavy (non-hydrogen) atoms. The van der Waals surface area contributed by atoms with Gasteiger partial charge in [0.2, 0.25) is 0 Å². The van der Waals surface area contributed by atoms with Gasteiger partial charge in [0.25, 0.3) is 0 Å². The average molecular weight is 310 g/mol. The third-order valence-electron chi connectivity index (χ3n) is 2.78. The maximum Gasteiger partial charge on any atom is 0.195 e. The van der Waals surface area contributed by atoms with Gasteiger partial charge in [0.05, 0.1) is 12.7 Å². The molecule has 6 heteroatoms. The largest absolute Gasteiger partial charge is 0.496 e. The van der Waals surface area contributed by atoms with E-state index in [-0.39, 0.29) is 4.21 Å². The number of thiophene rings is 1. The quantitative estimate of drug-likeness (QED) is 0.797. The summed E-state index contributed by atoms with van der Waals surface area (Å²) in [6, 6.07) is 8.22. The molecule has 2 rings (SSSR count). The first kappa shape index (κ1) is 14.7. The monoisotopic (exact) mass is 310 g/mol. The smallest absolute Gasteiger partial charge is 0.195 e. The Labute approximate surface area is 121 Å². The minimum atomic E-state index is -3.59. The second-order valence-corrected chi connectivity index (χ2v) is 7.48. The highest BCUT2D eigenvalue weighted by Gasteiger charge is 2.23. The van der Waals surface area contributed by atoms with Crippen molar-refractivity contribution < 1.29 is 17.9 Å². The van der Waals surface area contributed by atoms with E-state index in [9.17, 15) is 13.2 Å². The van der Waals surface area contributed by atoms with Gasteiger partial charge in [-0.05, 0) is 36.1 Å². The molecular formula is C14H14O4S2. The molecular weight excluding hydrogens is 296 g/mol. The van der Waals surface area contributed by atoms with Crippen molar-refractivity contribution in [3.05, 3.63) is 46.8 Å². The van der Waals surface area contributed by atoms with Crippen molar-refractivity contribution in [3.63, 3.8) is 0 Å². The van der Waals surface area contributed by atoms with E-state index in [1.54, 1.807) is 29.6 Å². The molecule has 0 atom stereocenters. The van der Waals surface area contributed by atoms with Gasteiger partial charge in [0, 0.05) is 0 Å². The van der Waals surface area contributed by atoms with Crippen LogP contribution in [0.3, 0.4) is 0 Å². The standard InChI is InChI=1S/C14H14O4S2/c1-10-5-6-11(13(8-10)18-2)12(15)9-20(16,17)14-4-3-7-19-14/h3-8H,9H2,1-2H3.